The minimum absolute atomic E-state index is 0.0237. The Morgan fingerprint density at radius 3 is 1.33 bits per heavy atom. The predicted octanol–water partition coefficient (Wildman–Crippen LogP) is 18.1. The largest absolute Gasteiger partial charge is 0.495 e. The fourth-order valence-electron chi connectivity index (χ4n) is 13.0. The first-order valence-electron chi connectivity index (χ1n) is 27.6. The molecule has 0 unspecified atom stereocenters. The quantitative estimate of drug-likeness (QED) is 0.0525. The average Bonchev–Trinajstić information content (AvgIpc) is 3.66. The van der Waals surface area contributed by atoms with E-state index in [1.165, 1.54) is 16.0 Å². The molecule has 10 rings (SSSR count). The number of ether oxygens (including phenoxy) is 2. The van der Waals surface area contributed by atoms with Gasteiger partial charge in [0.15, 0.2) is 0 Å². The molecule has 1 fully saturated rings. The summed E-state index contributed by atoms with van der Waals surface area (Å²) in [6.07, 6.45) is 2.00. The maximum atomic E-state index is 15.9. The summed E-state index contributed by atoms with van der Waals surface area (Å²) in [6, 6.07) is 37.3. The molecule has 0 radical (unpaired) electrons. The summed E-state index contributed by atoms with van der Waals surface area (Å²) in [5.74, 6) is 1.53. The van der Waals surface area contributed by atoms with Crippen LogP contribution in [0.1, 0.15) is 192 Å². The number of nitrogens with zero attached hydrogens (tertiary/aromatic N) is 1. The van der Waals surface area contributed by atoms with Gasteiger partial charge in [0, 0.05) is 21.5 Å². The SMILES string of the molecule is CC(C)c1cccc(C(C)C)c1N1C(=O)c2cc(Oc3ccc(C(C)(C)CC(C)(C)C)cc3)c3c4cccc5c(B6OC(C)(C)C(C)(C)O6)ccc(c6c(Oc7ccc(C(C)(C)CC(C)(C)C)cc7)cc(c2c36)C1=O)c54. The summed E-state index contributed by atoms with van der Waals surface area (Å²) in [4.78, 5) is 33.2. The van der Waals surface area contributed by atoms with Crippen LogP contribution in [0.4, 0.5) is 5.69 Å². The van der Waals surface area contributed by atoms with Gasteiger partial charge in [-0.15, -0.1) is 0 Å². The van der Waals surface area contributed by atoms with Crippen molar-refractivity contribution in [3.8, 4) is 23.0 Å². The molecule has 0 N–H and O–H groups in total. The molecule has 394 valence electrons. The van der Waals surface area contributed by atoms with Gasteiger partial charge in [0.25, 0.3) is 11.8 Å². The fourth-order valence-corrected chi connectivity index (χ4v) is 13.0. The molecule has 8 aromatic rings. The highest BCUT2D eigenvalue weighted by Gasteiger charge is 2.52. The normalized spacial score (nSPS) is 16.2. The molecule has 2 aliphatic heterocycles. The number of fused-ring (bicyclic) bond motifs is 2. The molecule has 1 saturated heterocycles. The molecule has 2 amide bonds. The van der Waals surface area contributed by atoms with Crippen LogP contribution in [0.2, 0.25) is 0 Å². The number of rotatable bonds is 12. The number of carbonyl (C=O) groups excluding carboxylic acids is 2. The molecule has 8 heteroatoms. The lowest BCUT2D eigenvalue weighted by atomic mass is 9.72. The first-order valence-corrected chi connectivity index (χ1v) is 27.6. The van der Waals surface area contributed by atoms with Gasteiger partial charge in [-0.2, -0.15) is 0 Å². The number of anilines is 1. The van der Waals surface area contributed by atoms with Crippen molar-refractivity contribution >= 4 is 73.2 Å². The van der Waals surface area contributed by atoms with Crippen molar-refractivity contribution in [1.29, 1.82) is 0 Å². The van der Waals surface area contributed by atoms with Crippen molar-refractivity contribution in [3.05, 3.63) is 143 Å². The number of benzene rings is 8. The minimum Gasteiger partial charge on any atom is -0.457 e. The van der Waals surface area contributed by atoms with E-state index in [9.17, 15) is 0 Å². The van der Waals surface area contributed by atoms with Crippen molar-refractivity contribution in [2.75, 3.05) is 4.90 Å². The monoisotopic (exact) mass is 1020 g/mol. The van der Waals surface area contributed by atoms with E-state index in [0.29, 0.717) is 45.2 Å². The van der Waals surface area contributed by atoms with Crippen LogP contribution in [0, 0.1) is 10.8 Å². The molecule has 0 atom stereocenters. The third kappa shape index (κ3) is 9.15. The molecule has 0 saturated carbocycles. The summed E-state index contributed by atoms with van der Waals surface area (Å²) < 4.78 is 28.0. The number of hydrogen-bond acceptors (Lipinski definition) is 6. The molecule has 0 aliphatic carbocycles. The summed E-state index contributed by atoms with van der Waals surface area (Å²) in [5.41, 5.74) is 5.58. The van der Waals surface area contributed by atoms with Gasteiger partial charge in [0.1, 0.15) is 23.0 Å². The molecule has 2 aliphatic rings. The van der Waals surface area contributed by atoms with Gasteiger partial charge in [0.2, 0.25) is 0 Å². The first kappa shape index (κ1) is 53.2. The van der Waals surface area contributed by atoms with E-state index < -0.39 is 30.1 Å². The van der Waals surface area contributed by atoms with E-state index in [1.807, 2.05) is 54.6 Å². The highest BCUT2D eigenvalue weighted by molar-refractivity contribution is 6.66. The van der Waals surface area contributed by atoms with Crippen LogP contribution >= 0.6 is 0 Å². The lowest BCUT2D eigenvalue weighted by molar-refractivity contribution is 0.00578. The second kappa shape index (κ2) is 18.2. The minimum atomic E-state index is -0.634. The van der Waals surface area contributed by atoms with Crippen LogP contribution < -0.4 is 19.8 Å². The maximum absolute atomic E-state index is 15.9. The Balaban J connectivity index is 1.29. The molecule has 0 bridgehead atoms. The molecule has 0 aromatic heterocycles. The molecule has 0 spiro atoms. The van der Waals surface area contributed by atoms with E-state index >= 15 is 9.59 Å². The van der Waals surface area contributed by atoms with Crippen molar-refractivity contribution < 1.29 is 28.4 Å². The zero-order valence-corrected chi connectivity index (χ0v) is 48.4. The van der Waals surface area contributed by atoms with Crippen molar-refractivity contribution in [1.82, 2.24) is 0 Å². The van der Waals surface area contributed by atoms with Gasteiger partial charge in [-0.05, 0) is 160 Å². The molecule has 2 heterocycles. The highest BCUT2D eigenvalue weighted by atomic mass is 16.7. The Hall–Kier alpha value is -6.22. The van der Waals surface area contributed by atoms with Gasteiger partial charge < -0.3 is 18.8 Å². The van der Waals surface area contributed by atoms with E-state index in [4.69, 9.17) is 18.8 Å². The summed E-state index contributed by atoms with van der Waals surface area (Å²) in [6.45, 7) is 39.6. The zero-order valence-electron chi connectivity index (χ0n) is 48.4. The lowest BCUT2D eigenvalue weighted by Gasteiger charge is -2.34. The van der Waals surface area contributed by atoms with Crippen LogP contribution in [0.25, 0.3) is 43.1 Å². The molecular formula is C68H78BNO6. The Labute approximate surface area is 452 Å². The van der Waals surface area contributed by atoms with Crippen LogP contribution in [-0.2, 0) is 20.1 Å². The van der Waals surface area contributed by atoms with E-state index in [2.05, 4.69) is 179 Å². The number of para-hydroxylation sites is 1. The summed E-state index contributed by atoms with van der Waals surface area (Å²) in [7, 11) is -0.634. The van der Waals surface area contributed by atoms with Crippen LogP contribution in [0.5, 0.6) is 23.0 Å². The predicted molar refractivity (Wildman–Crippen MR) is 316 cm³/mol. The maximum Gasteiger partial charge on any atom is 0.495 e. The van der Waals surface area contributed by atoms with E-state index in [0.717, 1.165) is 67.1 Å². The zero-order chi connectivity index (χ0) is 55.0. The third-order valence-corrected chi connectivity index (χ3v) is 16.6. The Bertz CT molecular complexity index is 3410. The van der Waals surface area contributed by atoms with Crippen LogP contribution in [-0.4, -0.2) is 30.1 Å². The number of hydrogen-bond donors (Lipinski definition) is 0. The first-order chi connectivity index (χ1) is 35.4. The molecular weight excluding hydrogens is 938 g/mol. The van der Waals surface area contributed by atoms with Crippen LogP contribution in [0.3, 0.4) is 0 Å². The van der Waals surface area contributed by atoms with Crippen molar-refractivity contribution in [2.45, 2.75) is 171 Å². The van der Waals surface area contributed by atoms with Crippen molar-refractivity contribution in [2.24, 2.45) is 10.8 Å². The Morgan fingerprint density at radius 2 is 0.908 bits per heavy atom. The smallest absolute Gasteiger partial charge is 0.457 e. The standard InChI is InChI=1S/C68H78BNO6/c1-39(2)45-21-19-22-46(40(3)4)60(45)70-61(71)50-35-53(73-43-29-25-41(26-30-43)65(11,12)37-63(5,6)7)57-48-24-20-23-47-52(69-75-67(15,16)68(17,18)76-69)34-33-49(55(47)48)58-54(36-51(62(70)72)56(50)59(57)58)74-44-31-27-42(28-32-44)66(13,14)38-64(8,9)10/h19-36,39-40H,37-38H2,1-18H3. The fraction of sp³-hybridized carbons (Fsp3) is 0.412. The second-order valence-corrected chi connectivity index (χ2v) is 27.4. The van der Waals surface area contributed by atoms with Gasteiger partial charge in [-0.3, -0.25) is 9.59 Å². The summed E-state index contributed by atoms with van der Waals surface area (Å²) in [5, 5.41) is 6.63. The topological polar surface area (TPSA) is 74.3 Å². The third-order valence-electron chi connectivity index (χ3n) is 16.6. The Kier molecular flexibility index (Phi) is 12.7. The average molecular weight is 1020 g/mol. The van der Waals surface area contributed by atoms with Gasteiger partial charge >= 0.3 is 7.12 Å². The summed E-state index contributed by atoms with van der Waals surface area (Å²) >= 11 is 0. The van der Waals surface area contributed by atoms with Gasteiger partial charge in [0.05, 0.1) is 28.0 Å². The van der Waals surface area contributed by atoms with E-state index in [-0.39, 0.29) is 33.5 Å². The number of carbonyl (C=O) groups is 2. The molecule has 8 aromatic carbocycles. The Morgan fingerprint density at radius 1 is 0.500 bits per heavy atom. The number of imide groups is 1. The molecule has 76 heavy (non-hydrogen) atoms. The van der Waals surface area contributed by atoms with Gasteiger partial charge in [-0.1, -0.05) is 170 Å². The van der Waals surface area contributed by atoms with Crippen LogP contribution in [0.15, 0.2) is 109 Å². The van der Waals surface area contributed by atoms with Crippen molar-refractivity contribution in [3.63, 3.8) is 0 Å². The second-order valence-electron chi connectivity index (χ2n) is 27.4. The van der Waals surface area contributed by atoms with Gasteiger partial charge in [-0.25, -0.2) is 4.90 Å². The molecule has 7 nitrogen and oxygen atoms in total. The highest BCUT2D eigenvalue weighted by Crippen LogP contribution is 2.53. The van der Waals surface area contributed by atoms with E-state index in [1.54, 1.807) is 0 Å². The lowest BCUT2D eigenvalue weighted by Crippen LogP contribution is -2.42. The number of amides is 2.